The summed E-state index contributed by atoms with van der Waals surface area (Å²) >= 11 is 0. The van der Waals surface area contributed by atoms with E-state index in [1.165, 1.54) is 46.2 Å². The van der Waals surface area contributed by atoms with Gasteiger partial charge in [0, 0.05) is 11.4 Å². The number of hydrogen-bond donors (Lipinski definition) is 1. The number of hydrogen-bond acceptors (Lipinski definition) is 1. The van der Waals surface area contributed by atoms with Gasteiger partial charge >= 0.3 is 0 Å². The highest BCUT2D eigenvalue weighted by Crippen LogP contribution is 2.29. The monoisotopic (exact) mass is 431 g/mol. The molecule has 1 heteroatoms. The molecule has 0 spiro atoms. The molecule has 0 bridgehead atoms. The molecule has 0 fully saturated rings. The lowest BCUT2D eigenvalue weighted by molar-refractivity contribution is 0.860. The molecule has 0 aliphatic heterocycles. The maximum Gasteiger partial charge on any atom is 0.0384 e. The smallest absolute Gasteiger partial charge is 0.0384 e. The SMILES string of the molecule is CCCc1ccc(/C(=C/c2ccc(Nc3ccccc3)cc2)c2ccccc2)cc1CCC. The lowest BCUT2D eigenvalue weighted by atomic mass is 9.90. The van der Waals surface area contributed by atoms with Crippen molar-refractivity contribution in [3.63, 3.8) is 0 Å². The quantitative estimate of drug-likeness (QED) is 0.261. The van der Waals surface area contributed by atoms with E-state index < -0.39 is 0 Å². The molecule has 166 valence electrons. The fourth-order valence-corrected chi connectivity index (χ4v) is 4.28. The van der Waals surface area contributed by atoms with Gasteiger partial charge < -0.3 is 5.32 Å². The van der Waals surface area contributed by atoms with Crippen LogP contribution in [0.3, 0.4) is 0 Å². The van der Waals surface area contributed by atoms with Gasteiger partial charge in [-0.15, -0.1) is 0 Å². The largest absolute Gasteiger partial charge is 0.356 e. The van der Waals surface area contributed by atoms with E-state index in [4.69, 9.17) is 0 Å². The van der Waals surface area contributed by atoms with Crippen molar-refractivity contribution in [3.8, 4) is 0 Å². The van der Waals surface area contributed by atoms with Gasteiger partial charge in [-0.05, 0) is 76.6 Å². The molecule has 0 aliphatic carbocycles. The first-order valence-corrected chi connectivity index (χ1v) is 12.1. The summed E-state index contributed by atoms with van der Waals surface area (Å²) in [5.41, 5.74) is 10.2. The van der Waals surface area contributed by atoms with E-state index in [0.29, 0.717) is 0 Å². The van der Waals surface area contributed by atoms with E-state index in [1.54, 1.807) is 0 Å². The van der Waals surface area contributed by atoms with Crippen LogP contribution in [0.15, 0.2) is 103 Å². The van der Waals surface area contributed by atoms with Crippen LogP contribution in [0, 0.1) is 0 Å². The minimum absolute atomic E-state index is 1.09. The summed E-state index contributed by atoms with van der Waals surface area (Å²) in [5, 5.41) is 3.47. The molecule has 0 saturated carbocycles. The van der Waals surface area contributed by atoms with Crippen LogP contribution < -0.4 is 5.32 Å². The average molecular weight is 432 g/mol. The van der Waals surface area contributed by atoms with Gasteiger partial charge in [0.15, 0.2) is 0 Å². The Balaban J connectivity index is 1.69. The van der Waals surface area contributed by atoms with E-state index in [1.807, 2.05) is 18.2 Å². The van der Waals surface area contributed by atoms with Gasteiger partial charge in [0.1, 0.15) is 0 Å². The lowest BCUT2D eigenvalue weighted by Gasteiger charge is -2.14. The van der Waals surface area contributed by atoms with Crippen molar-refractivity contribution in [2.75, 3.05) is 5.32 Å². The zero-order valence-electron chi connectivity index (χ0n) is 19.7. The van der Waals surface area contributed by atoms with Crippen molar-refractivity contribution in [1.82, 2.24) is 0 Å². The predicted molar refractivity (Wildman–Crippen MR) is 144 cm³/mol. The summed E-state index contributed by atoms with van der Waals surface area (Å²) in [6.07, 6.45) is 6.94. The molecule has 0 saturated heterocycles. The Labute approximate surface area is 198 Å². The van der Waals surface area contributed by atoms with Crippen LogP contribution in [-0.2, 0) is 12.8 Å². The van der Waals surface area contributed by atoms with Crippen molar-refractivity contribution >= 4 is 23.0 Å². The molecule has 0 atom stereocenters. The van der Waals surface area contributed by atoms with Crippen molar-refractivity contribution < 1.29 is 0 Å². The second-order valence-electron chi connectivity index (χ2n) is 8.52. The Morgan fingerprint density at radius 2 is 1.21 bits per heavy atom. The van der Waals surface area contributed by atoms with E-state index in [-0.39, 0.29) is 0 Å². The number of aryl methyl sites for hydroxylation is 2. The number of benzene rings is 4. The normalized spacial score (nSPS) is 11.4. The third-order valence-corrected chi connectivity index (χ3v) is 5.92. The molecule has 33 heavy (non-hydrogen) atoms. The Kier molecular flexibility index (Phi) is 7.76. The predicted octanol–water partition coefficient (Wildman–Crippen LogP) is 8.92. The second kappa shape index (κ2) is 11.3. The highest BCUT2D eigenvalue weighted by molar-refractivity contribution is 5.91. The molecule has 0 aromatic heterocycles. The van der Waals surface area contributed by atoms with Gasteiger partial charge in [0.05, 0.1) is 0 Å². The average Bonchev–Trinajstić information content (AvgIpc) is 2.86. The molecule has 0 radical (unpaired) electrons. The van der Waals surface area contributed by atoms with E-state index >= 15 is 0 Å². The molecule has 0 aliphatic rings. The number of anilines is 2. The van der Waals surface area contributed by atoms with E-state index in [0.717, 1.165) is 24.2 Å². The third kappa shape index (κ3) is 6.02. The van der Waals surface area contributed by atoms with Crippen molar-refractivity contribution in [2.24, 2.45) is 0 Å². The lowest BCUT2D eigenvalue weighted by Crippen LogP contribution is -1.97. The Morgan fingerprint density at radius 1 is 0.606 bits per heavy atom. The molecule has 4 rings (SSSR count). The summed E-state index contributed by atoms with van der Waals surface area (Å²) in [6, 6.07) is 36.7. The highest BCUT2D eigenvalue weighted by atomic mass is 14.9. The maximum atomic E-state index is 3.47. The van der Waals surface area contributed by atoms with Crippen LogP contribution in [-0.4, -0.2) is 0 Å². The molecule has 0 unspecified atom stereocenters. The first-order chi connectivity index (χ1) is 16.3. The van der Waals surface area contributed by atoms with Crippen molar-refractivity contribution in [3.05, 3.63) is 131 Å². The zero-order chi connectivity index (χ0) is 22.9. The number of para-hydroxylation sites is 1. The Hall–Kier alpha value is -3.58. The summed E-state index contributed by atoms with van der Waals surface area (Å²) < 4.78 is 0. The highest BCUT2D eigenvalue weighted by Gasteiger charge is 2.09. The minimum Gasteiger partial charge on any atom is -0.356 e. The van der Waals surface area contributed by atoms with Gasteiger partial charge in [0.25, 0.3) is 0 Å². The fraction of sp³-hybridized carbons (Fsp3) is 0.188. The second-order valence-corrected chi connectivity index (χ2v) is 8.52. The number of nitrogens with one attached hydrogen (secondary N) is 1. The van der Waals surface area contributed by atoms with Crippen LogP contribution >= 0.6 is 0 Å². The standard InChI is InChI=1S/C32H33N/c1-3-11-26-19-20-29(24-28(26)12-4-2)32(27-13-7-5-8-14-27)23-25-17-21-31(22-18-25)33-30-15-9-6-10-16-30/h5-10,13-24,33H,3-4,11-12H2,1-2H3/b32-23+. The first-order valence-electron chi connectivity index (χ1n) is 12.1. The molecular weight excluding hydrogens is 398 g/mol. The topological polar surface area (TPSA) is 12.0 Å². The summed E-state index contributed by atoms with van der Waals surface area (Å²) in [6.45, 7) is 4.52. The van der Waals surface area contributed by atoms with Crippen molar-refractivity contribution in [2.45, 2.75) is 39.5 Å². The van der Waals surface area contributed by atoms with Crippen LogP contribution in [0.1, 0.15) is 54.5 Å². The molecule has 4 aromatic carbocycles. The van der Waals surface area contributed by atoms with Crippen LogP contribution in [0.25, 0.3) is 11.6 Å². The minimum atomic E-state index is 1.09. The first kappa shape index (κ1) is 22.6. The molecular formula is C32H33N. The maximum absolute atomic E-state index is 3.47. The Morgan fingerprint density at radius 3 is 1.88 bits per heavy atom. The van der Waals surface area contributed by atoms with Crippen LogP contribution in [0.4, 0.5) is 11.4 Å². The summed E-state index contributed by atoms with van der Waals surface area (Å²) in [4.78, 5) is 0. The molecule has 0 heterocycles. The van der Waals surface area contributed by atoms with E-state index in [9.17, 15) is 0 Å². The zero-order valence-corrected chi connectivity index (χ0v) is 19.7. The third-order valence-electron chi connectivity index (χ3n) is 5.92. The van der Waals surface area contributed by atoms with Crippen molar-refractivity contribution in [1.29, 1.82) is 0 Å². The summed E-state index contributed by atoms with van der Waals surface area (Å²) in [5.74, 6) is 0. The van der Waals surface area contributed by atoms with E-state index in [2.05, 4.69) is 110 Å². The van der Waals surface area contributed by atoms with Crippen LogP contribution in [0.2, 0.25) is 0 Å². The molecule has 0 amide bonds. The van der Waals surface area contributed by atoms with Gasteiger partial charge in [0.2, 0.25) is 0 Å². The molecule has 4 aromatic rings. The molecule has 1 nitrogen and oxygen atoms in total. The summed E-state index contributed by atoms with van der Waals surface area (Å²) in [7, 11) is 0. The van der Waals surface area contributed by atoms with Crippen LogP contribution in [0.5, 0.6) is 0 Å². The number of rotatable bonds is 9. The van der Waals surface area contributed by atoms with Gasteiger partial charge in [-0.25, -0.2) is 0 Å². The van der Waals surface area contributed by atoms with Gasteiger partial charge in [-0.3, -0.25) is 0 Å². The Bertz CT molecular complexity index is 1170. The van der Waals surface area contributed by atoms with Gasteiger partial charge in [-0.1, -0.05) is 106 Å². The van der Waals surface area contributed by atoms with Gasteiger partial charge in [-0.2, -0.15) is 0 Å². The molecule has 1 N–H and O–H groups in total. The fourth-order valence-electron chi connectivity index (χ4n) is 4.28.